The average molecular weight is 326 g/mol. The summed E-state index contributed by atoms with van der Waals surface area (Å²) in [5, 5.41) is 0. The fourth-order valence-electron chi connectivity index (χ4n) is 2.96. The molecule has 2 aromatic rings. The first kappa shape index (κ1) is 18.0. The topological polar surface area (TPSA) is 55.6 Å². The Morgan fingerprint density at radius 2 is 1.67 bits per heavy atom. The van der Waals surface area contributed by atoms with Crippen molar-refractivity contribution in [1.29, 1.82) is 0 Å². The first-order valence-electron chi connectivity index (χ1n) is 8.04. The minimum absolute atomic E-state index is 0.0926. The van der Waals surface area contributed by atoms with E-state index in [1.807, 2.05) is 57.2 Å². The van der Waals surface area contributed by atoms with Crippen molar-refractivity contribution in [3.8, 4) is 5.75 Å². The fourth-order valence-corrected chi connectivity index (χ4v) is 2.96. The molecule has 0 bridgehead atoms. The summed E-state index contributed by atoms with van der Waals surface area (Å²) in [4.78, 5) is 14.3. The third kappa shape index (κ3) is 3.95. The van der Waals surface area contributed by atoms with Crippen molar-refractivity contribution in [3.05, 3.63) is 64.2 Å². The zero-order valence-electron chi connectivity index (χ0n) is 15.1. The minimum atomic E-state index is -0.643. The summed E-state index contributed by atoms with van der Waals surface area (Å²) >= 11 is 0. The van der Waals surface area contributed by atoms with Crippen molar-refractivity contribution in [2.24, 2.45) is 5.73 Å². The van der Waals surface area contributed by atoms with Crippen LogP contribution in [0.2, 0.25) is 0 Å². The number of carbonyl (C=O) groups is 1. The van der Waals surface area contributed by atoms with E-state index in [-0.39, 0.29) is 5.91 Å². The first-order valence-corrected chi connectivity index (χ1v) is 8.04. The predicted molar refractivity (Wildman–Crippen MR) is 97.0 cm³/mol. The van der Waals surface area contributed by atoms with Gasteiger partial charge in [0.1, 0.15) is 11.8 Å². The lowest BCUT2D eigenvalue weighted by molar-refractivity contribution is -0.131. The molecule has 24 heavy (non-hydrogen) atoms. The van der Waals surface area contributed by atoms with E-state index < -0.39 is 6.04 Å². The van der Waals surface area contributed by atoms with Gasteiger partial charge in [-0.15, -0.1) is 0 Å². The normalized spacial score (nSPS) is 11.9. The quantitative estimate of drug-likeness (QED) is 0.917. The van der Waals surface area contributed by atoms with E-state index in [1.165, 1.54) is 0 Å². The first-order chi connectivity index (χ1) is 11.3. The molecule has 2 N–H and O–H groups in total. The highest BCUT2D eigenvalue weighted by Gasteiger charge is 2.20. The Morgan fingerprint density at radius 3 is 2.17 bits per heavy atom. The molecule has 4 nitrogen and oxygen atoms in total. The van der Waals surface area contributed by atoms with Crippen LogP contribution in [-0.4, -0.2) is 25.0 Å². The van der Waals surface area contributed by atoms with E-state index in [0.717, 1.165) is 33.6 Å². The summed E-state index contributed by atoms with van der Waals surface area (Å²) in [5.74, 6) is 0.800. The molecule has 1 atom stereocenters. The number of rotatable bonds is 5. The van der Waals surface area contributed by atoms with Gasteiger partial charge in [-0.1, -0.05) is 42.0 Å². The largest absolute Gasteiger partial charge is 0.496 e. The van der Waals surface area contributed by atoms with Crippen LogP contribution in [0.15, 0.2) is 36.4 Å². The lowest BCUT2D eigenvalue weighted by Crippen LogP contribution is -2.35. The highest BCUT2D eigenvalue weighted by molar-refractivity contribution is 5.82. The molecule has 1 amide bonds. The Morgan fingerprint density at radius 1 is 1.12 bits per heavy atom. The van der Waals surface area contributed by atoms with Crippen LogP contribution in [0.4, 0.5) is 0 Å². The van der Waals surface area contributed by atoms with Gasteiger partial charge in [0, 0.05) is 13.6 Å². The molecule has 0 spiro atoms. The number of nitrogens with zero attached hydrogens (tertiary/aromatic N) is 1. The summed E-state index contributed by atoms with van der Waals surface area (Å²) < 4.78 is 5.39. The van der Waals surface area contributed by atoms with Gasteiger partial charge >= 0.3 is 0 Å². The molecule has 2 rings (SSSR count). The highest BCUT2D eigenvalue weighted by Crippen LogP contribution is 2.25. The lowest BCUT2D eigenvalue weighted by atomic mass is 10.0. The van der Waals surface area contributed by atoms with Crippen LogP contribution in [0.25, 0.3) is 0 Å². The van der Waals surface area contributed by atoms with Gasteiger partial charge in [0.15, 0.2) is 0 Å². The maximum Gasteiger partial charge on any atom is 0.244 e. The molecule has 0 aromatic heterocycles. The molecule has 0 aliphatic heterocycles. The number of nitrogens with two attached hydrogens (primary N) is 1. The maximum absolute atomic E-state index is 12.6. The van der Waals surface area contributed by atoms with Crippen molar-refractivity contribution in [1.82, 2.24) is 4.90 Å². The summed E-state index contributed by atoms with van der Waals surface area (Å²) in [6.07, 6.45) is 0. The number of amides is 1. The van der Waals surface area contributed by atoms with Gasteiger partial charge in [-0.25, -0.2) is 0 Å². The second-order valence-electron chi connectivity index (χ2n) is 6.35. The molecule has 4 heteroatoms. The zero-order valence-corrected chi connectivity index (χ0v) is 15.1. The summed E-state index contributed by atoms with van der Waals surface area (Å²) in [7, 11) is 3.45. The molecule has 128 valence electrons. The van der Waals surface area contributed by atoms with Crippen molar-refractivity contribution in [3.63, 3.8) is 0 Å². The molecule has 0 saturated heterocycles. The summed E-state index contributed by atoms with van der Waals surface area (Å²) in [5.41, 5.74) is 11.3. The smallest absolute Gasteiger partial charge is 0.244 e. The maximum atomic E-state index is 12.6. The minimum Gasteiger partial charge on any atom is -0.496 e. The van der Waals surface area contributed by atoms with E-state index in [4.69, 9.17) is 10.5 Å². The number of likely N-dealkylation sites (N-methyl/N-ethyl adjacent to an activating group) is 1. The van der Waals surface area contributed by atoms with Gasteiger partial charge in [0.2, 0.25) is 5.91 Å². The summed E-state index contributed by atoms with van der Waals surface area (Å²) in [6, 6.07) is 11.2. The van der Waals surface area contributed by atoms with Crippen molar-refractivity contribution >= 4 is 5.91 Å². The molecule has 0 aliphatic rings. The zero-order chi connectivity index (χ0) is 17.9. The van der Waals surface area contributed by atoms with E-state index in [9.17, 15) is 4.79 Å². The third-order valence-electron chi connectivity index (χ3n) is 4.22. The molecule has 0 radical (unpaired) electrons. The van der Waals surface area contributed by atoms with Gasteiger partial charge in [-0.05, 0) is 43.0 Å². The number of methoxy groups -OCH3 is 1. The lowest BCUT2D eigenvalue weighted by Gasteiger charge is -2.22. The van der Waals surface area contributed by atoms with Crippen molar-refractivity contribution < 1.29 is 9.53 Å². The van der Waals surface area contributed by atoms with Crippen LogP contribution in [0.5, 0.6) is 5.75 Å². The van der Waals surface area contributed by atoms with Gasteiger partial charge in [-0.2, -0.15) is 0 Å². The van der Waals surface area contributed by atoms with Crippen LogP contribution < -0.4 is 10.5 Å². The van der Waals surface area contributed by atoms with E-state index in [1.54, 1.807) is 19.1 Å². The highest BCUT2D eigenvalue weighted by atomic mass is 16.5. The van der Waals surface area contributed by atoms with E-state index in [2.05, 4.69) is 0 Å². The molecule has 1 unspecified atom stereocenters. The average Bonchev–Trinajstić information content (AvgIpc) is 2.54. The molecule has 0 saturated carbocycles. The van der Waals surface area contributed by atoms with E-state index in [0.29, 0.717) is 6.54 Å². The monoisotopic (exact) mass is 326 g/mol. The Bertz CT molecular complexity index is 700. The molecule has 2 aromatic carbocycles. The fraction of sp³-hybridized carbons (Fsp3) is 0.350. The van der Waals surface area contributed by atoms with Crippen molar-refractivity contribution in [2.75, 3.05) is 14.2 Å². The van der Waals surface area contributed by atoms with Crippen LogP contribution in [0.1, 0.15) is 33.9 Å². The van der Waals surface area contributed by atoms with Crippen LogP contribution in [0.3, 0.4) is 0 Å². The van der Waals surface area contributed by atoms with Crippen LogP contribution in [-0.2, 0) is 11.3 Å². The SMILES string of the molecule is COc1c(C)cc(CN(C)C(=O)C(N)c2ccc(C)cc2)cc1C. The number of ether oxygens (including phenoxy) is 1. The molecular formula is C20H26N2O2. The molecule has 0 heterocycles. The number of carbonyl (C=O) groups excluding carboxylic acids is 1. The number of aryl methyl sites for hydroxylation is 3. The van der Waals surface area contributed by atoms with Crippen molar-refractivity contribution in [2.45, 2.75) is 33.4 Å². The Labute approximate surface area is 144 Å². The second kappa shape index (κ2) is 7.49. The number of benzene rings is 2. The molecule has 0 fully saturated rings. The van der Waals surface area contributed by atoms with Gasteiger partial charge in [0.25, 0.3) is 0 Å². The van der Waals surface area contributed by atoms with Crippen LogP contribution in [0, 0.1) is 20.8 Å². The summed E-state index contributed by atoms with van der Waals surface area (Å²) in [6.45, 7) is 6.55. The molecule has 0 aliphatic carbocycles. The molecular weight excluding hydrogens is 300 g/mol. The standard InChI is InChI=1S/C20H26N2O2/c1-13-6-8-17(9-7-13)18(21)20(23)22(4)12-16-10-14(2)19(24-5)15(3)11-16/h6-11,18H,12,21H2,1-5H3. The van der Waals surface area contributed by atoms with Gasteiger partial charge in [0.05, 0.1) is 7.11 Å². The number of hydrogen-bond acceptors (Lipinski definition) is 3. The van der Waals surface area contributed by atoms with Crippen LogP contribution >= 0.6 is 0 Å². The Balaban J connectivity index is 2.12. The Hall–Kier alpha value is -2.33. The van der Waals surface area contributed by atoms with Gasteiger partial charge in [-0.3, -0.25) is 4.79 Å². The number of hydrogen-bond donors (Lipinski definition) is 1. The van der Waals surface area contributed by atoms with Gasteiger partial charge < -0.3 is 15.4 Å². The predicted octanol–water partition coefficient (Wildman–Crippen LogP) is 3.28. The Kier molecular flexibility index (Phi) is 5.62. The third-order valence-corrected chi connectivity index (χ3v) is 4.22. The van der Waals surface area contributed by atoms with E-state index >= 15 is 0 Å². The second-order valence-corrected chi connectivity index (χ2v) is 6.35.